The van der Waals surface area contributed by atoms with Crippen LogP contribution in [0.15, 0.2) is 42.5 Å². The Hall–Kier alpha value is -2.80. The van der Waals surface area contributed by atoms with Crippen molar-refractivity contribution in [2.45, 2.75) is 13.8 Å². The zero-order valence-electron chi connectivity index (χ0n) is 14.1. The number of piperazine rings is 1. The van der Waals surface area contributed by atoms with E-state index in [0.29, 0.717) is 24.2 Å². The second kappa shape index (κ2) is 6.76. The highest BCUT2D eigenvalue weighted by Gasteiger charge is 2.23. The lowest BCUT2D eigenvalue weighted by atomic mass is 10.1. The van der Waals surface area contributed by atoms with E-state index >= 15 is 0 Å². The predicted molar refractivity (Wildman–Crippen MR) is 95.2 cm³/mol. The summed E-state index contributed by atoms with van der Waals surface area (Å²) in [7, 11) is 0. The van der Waals surface area contributed by atoms with Crippen LogP contribution in [-0.2, 0) is 0 Å². The molecule has 0 aliphatic carbocycles. The molecule has 1 amide bonds. The van der Waals surface area contributed by atoms with Gasteiger partial charge in [-0.1, -0.05) is 18.2 Å². The van der Waals surface area contributed by atoms with Crippen molar-refractivity contribution in [3.63, 3.8) is 0 Å². The lowest BCUT2D eigenvalue weighted by Gasteiger charge is -2.37. The minimum atomic E-state index is 0.00714. The molecular weight excluding hydrogens is 298 g/mol. The molecule has 1 aliphatic heterocycles. The SMILES string of the molecule is Cc1cccc(N2CCN(C(=O)c3cccc(C#N)c3)CC2)c1C. The molecule has 1 saturated heterocycles. The van der Waals surface area contributed by atoms with Gasteiger partial charge in [-0.05, 0) is 49.2 Å². The summed E-state index contributed by atoms with van der Waals surface area (Å²) in [4.78, 5) is 16.8. The van der Waals surface area contributed by atoms with Gasteiger partial charge in [0, 0.05) is 37.4 Å². The lowest BCUT2D eigenvalue weighted by Crippen LogP contribution is -2.49. The van der Waals surface area contributed by atoms with Crippen LogP contribution < -0.4 is 4.90 Å². The standard InChI is InChI=1S/C20H21N3O/c1-15-5-3-8-19(16(15)2)22-9-11-23(12-10-22)20(24)18-7-4-6-17(13-18)14-21/h3-8,13H,9-12H2,1-2H3. The highest BCUT2D eigenvalue weighted by Crippen LogP contribution is 2.24. The van der Waals surface area contributed by atoms with Gasteiger partial charge in [-0.2, -0.15) is 5.26 Å². The first-order valence-corrected chi connectivity index (χ1v) is 8.21. The predicted octanol–water partition coefficient (Wildman–Crippen LogP) is 3.14. The zero-order chi connectivity index (χ0) is 17.1. The van der Waals surface area contributed by atoms with Gasteiger partial charge >= 0.3 is 0 Å². The first-order valence-electron chi connectivity index (χ1n) is 8.21. The molecule has 122 valence electrons. The Balaban J connectivity index is 1.69. The zero-order valence-corrected chi connectivity index (χ0v) is 14.1. The molecule has 0 bridgehead atoms. The lowest BCUT2D eigenvalue weighted by molar-refractivity contribution is 0.0746. The second-order valence-electron chi connectivity index (χ2n) is 6.19. The maximum Gasteiger partial charge on any atom is 0.254 e. The molecule has 0 spiro atoms. The number of aryl methyl sites for hydroxylation is 1. The van der Waals surface area contributed by atoms with Crippen LogP contribution in [-0.4, -0.2) is 37.0 Å². The van der Waals surface area contributed by atoms with Crippen molar-refractivity contribution in [3.8, 4) is 6.07 Å². The number of benzene rings is 2. The van der Waals surface area contributed by atoms with Crippen LogP contribution in [0.3, 0.4) is 0 Å². The van der Waals surface area contributed by atoms with Crippen LogP contribution in [0.4, 0.5) is 5.69 Å². The Kier molecular flexibility index (Phi) is 4.52. The van der Waals surface area contributed by atoms with Crippen LogP contribution in [0.1, 0.15) is 27.0 Å². The molecule has 2 aromatic rings. The van der Waals surface area contributed by atoms with Gasteiger partial charge in [-0.15, -0.1) is 0 Å². The van der Waals surface area contributed by atoms with Crippen molar-refractivity contribution >= 4 is 11.6 Å². The third-order valence-corrected chi connectivity index (χ3v) is 4.72. The number of hydrogen-bond donors (Lipinski definition) is 0. The summed E-state index contributed by atoms with van der Waals surface area (Å²) in [6, 6.07) is 15.4. The van der Waals surface area contributed by atoms with Gasteiger partial charge in [0.1, 0.15) is 0 Å². The van der Waals surface area contributed by atoms with Gasteiger partial charge in [-0.25, -0.2) is 0 Å². The topological polar surface area (TPSA) is 47.3 Å². The van der Waals surface area contributed by atoms with Crippen molar-refractivity contribution in [2.24, 2.45) is 0 Å². The average molecular weight is 319 g/mol. The van der Waals surface area contributed by atoms with E-state index < -0.39 is 0 Å². The first-order chi connectivity index (χ1) is 11.6. The monoisotopic (exact) mass is 319 g/mol. The molecule has 1 aliphatic rings. The van der Waals surface area contributed by atoms with E-state index in [9.17, 15) is 4.79 Å². The third kappa shape index (κ3) is 3.11. The largest absolute Gasteiger partial charge is 0.368 e. The Morgan fingerprint density at radius 3 is 2.46 bits per heavy atom. The fourth-order valence-electron chi connectivity index (χ4n) is 3.13. The van der Waals surface area contributed by atoms with Crippen LogP contribution >= 0.6 is 0 Å². The summed E-state index contributed by atoms with van der Waals surface area (Å²) in [5.74, 6) is 0.00714. The molecule has 3 rings (SSSR count). The number of nitrogens with zero attached hydrogens (tertiary/aromatic N) is 3. The second-order valence-corrected chi connectivity index (χ2v) is 6.19. The average Bonchev–Trinajstić information content (AvgIpc) is 2.63. The van der Waals surface area contributed by atoms with Crippen molar-refractivity contribution in [1.29, 1.82) is 5.26 Å². The summed E-state index contributed by atoms with van der Waals surface area (Å²) in [6.45, 7) is 7.32. The molecule has 0 N–H and O–H groups in total. The van der Waals surface area contributed by atoms with E-state index in [1.54, 1.807) is 24.3 Å². The van der Waals surface area contributed by atoms with Gasteiger partial charge in [0.25, 0.3) is 5.91 Å². The number of amides is 1. The Labute approximate surface area is 142 Å². The molecule has 24 heavy (non-hydrogen) atoms. The Morgan fingerprint density at radius 1 is 1.04 bits per heavy atom. The first kappa shape index (κ1) is 16.1. The molecular formula is C20H21N3O. The molecule has 0 radical (unpaired) electrons. The highest BCUT2D eigenvalue weighted by molar-refractivity contribution is 5.94. The van der Waals surface area contributed by atoms with Crippen molar-refractivity contribution < 1.29 is 4.79 Å². The van der Waals surface area contributed by atoms with Crippen LogP contribution in [0.2, 0.25) is 0 Å². The van der Waals surface area contributed by atoms with Crippen LogP contribution in [0, 0.1) is 25.2 Å². The summed E-state index contributed by atoms with van der Waals surface area (Å²) in [5, 5.41) is 8.98. The number of carbonyl (C=O) groups excluding carboxylic acids is 1. The molecule has 0 aromatic heterocycles. The third-order valence-electron chi connectivity index (χ3n) is 4.72. The molecule has 0 saturated carbocycles. The fraction of sp³-hybridized carbons (Fsp3) is 0.300. The Bertz CT molecular complexity index is 799. The van der Waals surface area contributed by atoms with E-state index in [4.69, 9.17) is 5.26 Å². The highest BCUT2D eigenvalue weighted by atomic mass is 16.2. The van der Waals surface area contributed by atoms with Crippen LogP contribution in [0.5, 0.6) is 0 Å². The van der Waals surface area contributed by atoms with Gasteiger partial charge in [0.15, 0.2) is 0 Å². The van der Waals surface area contributed by atoms with Gasteiger partial charge in [-0.3, -0.25) is 4.79 Å². The summed E-state index contributed by atoms with van der Waals surface area (Å²) >= 11 is 0. The number of hydrogen-bond acceptors (Lipinski definition) is 3. The molecule has 4 nitrogen and oxygen atoms in total. The molecule has 0 atom stereocenters. The molecule has 1 heterocycles. The molecule has 2 aromatic carbocycles. The summed E-state index contributed by atoms with van der Waals surface area (Å²) < 4.78 is 0. The Morgan fingerprint density at radius 2 is 1.75 bits per heavy atom. The smallest absolute Gasteiger partial charge is 0.254 e. The maximum absolute atomic E-state index is 12.6. The van der Waals surface area contributed by atoms with E-state index in [1.165, 1.54) is 16.8 Å². The molecule has 0 unspecified atom stereocenters. The quantitative estimate of drug-likeness (QED) is 0.854. The van der Waals surface area contributed by atoms with E-state index in [-0.39, 0.29) is 5.91 Å². The van der Waals surface area contributed by atoms with Crippen molar-refractivity contribution in [1.82, 2.24) is 4.90 Å². The van der Waals surface area contributed by atoms with Crippen LogP contribution in [0.25, 0.3) is 0 Å². The minimum absolute atomic E-state index is 0.00714. The van der Waals surface area contributed by atoms with Gasteiger partial charge in [0.2, 0.25) is 0 Å². The molecule has 4 heteroatoms. The fourth-order valence-corrected chi connectivity index (χ4v) is 3.13. The van der Waals surface area contributed by atoms with E-state index in [1.807, 2.05) is 4.90 Å². The number of anilines is 1. The number of rotatable bonds is 2. The van der Waals surface area contributed by atoms with Gasteiger partial charge in [0.05, 0.1) is 11.6 Å². The minimum Gasteiger partial charge on any atom is -0.368 e. The van der Waals surface area contributed by atoms with Crippen molar-refractivity contribution in [3.05, 3.63) is 64.7 Å². The normalized spacial score (nSPS) is 14.4. The summed E-state index contributed by atoms with van der Waals surface area (Å²) in [5.41, 5.74) is 4.97. The number of nitriles is 1. The van der Waals surface area contributed by atoms with Crippen molar-refractivity contribution in [2.75, 3.05) is 31.1 Å². The van der Waals surface area contributed by atoms with E-state index in [0.717, 1.165) is 13.1 Å². The maximum atomic E-state index is 12.6. The molecule has 1 fully saturated rings. The van der Waals surface area contributed by atoms with E-state index in [2.05, 4.69) is 43.0 Å². The summed E-state index contributed by atoms with van der Waals surface area (Å²) in [6.07, 6.45) is 0. The van der Waals surface area contributed by atoms with Gasteiger partial charge < -0.3 is 9.80 Å². The number of carbonyl (C=O) groups is 1.